The van der Waals surface area contributed by atoms with E-state index in [-0.39, 0.29) is 0 Å². The lowest BCUT2D eigenvalue weighted by molar-refractivity contribution is -0.0633. The van der Waals surface area contributed by atoms with Gasteiger partial charge in [0, 0.05) is 30.7 Å². The van der Waals surface area contributed by atoms with Gasteiger partial charge >= 0.3 is 0 Å². The van der Waals surface area contributed by atoms with E-state index < -0.39 is 0 Å². The standard InChI is InChI=1S/C10H20BrNOS/c1-3-14-5-4-12-7-9(2)13-10(6-11)8-12/h9-10H,3-8H2,1-2H3. The van der Waals surface area contributed by atoms with Crippen LogP contribution in [0, 0.1) is 0 Å². The summed E-state index contributed by atoms with van der Waals surface area (Å²) in [6.07, 6.45) is 0.767. The molecule has 4 heteroatoms. The zero-order valence-electron chi connectivity index (χ0n) is 9.04. The topological polar surface area (TPSA) is 12.5 Å². The quantitative estimate of drug-likeness (QED) is 0.567. The molecule has 1 fully saturated rings. The molecule has 0 saturated carbocycles. The van der Waals surface area contributed by atoms with Crippen LogP contribution in [-0.2, 0) is 4.74 Å². The van der Waals surface area contributed by atoms with Crippen molar-refractivity contribution in [3.63, 3.8) is 0 Å². The summed E-state index contributed by atoms with van der Waals surface area (Å²) in [6, 6.07) is 0. The van der Waals surface area contributed by atoms with E-state index in [0.29, 0.717) is 12.2 Å². The molecule has 0 aliphatic carbocycles. The summed E-state index contributed by atoms with van der Waals surface area (Å²) in [5, 5.41) is 0.953. The Morgan fingerprint density at radius 1 is 1.50 bits per heavy atom. The molecule has 0 aromatic carbocycles. The number of nitrogens with zero attached hydrogens (tertiary/aromatic N) is 1. The highest BCUT2D eigenvalue weighted by molar-refractivity contribution is 9.09. The molecule has 1 aliphatic rings. The van der Waals surface area contributed by atoms with Gasteiger partial charge in [-0.05, 0) is 12.7 Å². The zero-order chi connectivity index (χ0) is 10.4. The lowest BCUT2D eigenvalue weighted by atomic mass is 10.2. The van der Waals surface area contributed by atoms with Gasteiger partial charge in [-0.15, -0.1) is 0 Å². The second-order valence-corrected chi connectivity index (χ2v) is 5.72. The Labute approximate surface area is 99.9 Å². The van der Waals surface area contributed by atoms with Crippen molar-refractivity contribution in [3.8, 4) is 0 Å². The minimum atomic E-state index is 0.380. The number of morpholine rings is 1. The molecule has 2 unspecified atom stereocenters. The van der Waals surface area contributed by atoms with Crippen molar-refractivity contribution < 1.29 is 4.74 Å². The molecule has 0 spiro atoms. The SMILES string of the molecule is CCSCCN1CC(C)OC(CBr)C1. The summed E-state index contributed by atoms with van der Waals surface area (Å²) in [7, 11) is 0. The monoisotopic (exact) mass is 281 g/mol. The minimum Gasteiger partial charge on any atom is -0.372 e. The molecule has 0 amide bonds. The zero-order valence-corrected chi connectivity index (χ0v) is 11.4. The number of halogens is 1. The highest BCUT2D eigenvalue weighted by Crippen LogP contribution is 2.13. The molecule has 1 heterocycles. The molecule has 0 aromatic rings. The van der Waals surface area contributed by atoms with E-state index in [1.165, 1.54) is 18.1 Å². The lowest BCUT2D eigenvalue weighted by Gasteiger charge is -2.36. The van der Waals surface area contributed by atoms with Gasteiger partial charge in [0.1, 0.15) is 0 Å². The molecule has 0 aromatic heterocycles. The Morgan fingerprint density at radius 2 is 2.29 bits per heavy atom. The fourth-order valence-corrected chi connectivity index (χ4v) is 2.78. The van der Waals surface area contributed by atoms with Crippen LogP contribution in [0.4, 0.5) is 0 Å². The van der Waals surface area contributed by atoms with Crippen LogP contribution in [0.1, 0.15) is 13.8 Å². The van der Waals surface area contributed by atoms with Crippen LogP contribution >= 0.6 is 27.7 Å². The Kier molecular flexibility index (Phi) is 6.50. The first kappa shape index (κ1) is 12.8. The predicted molar refractivity (Wildman–Crippen MR) is 67.6 cm³/mol. The third kappa shape index (κ3) is 4.51. The van der Waals surface area contributed by atoms with Crippen molar-refractivity contribution in [1.29, 1.82) is 0 Å². The first-order chi connectivity index (χ1) is 6.76. The van der Waals surface area contributed by atoms with E-state index >= 15 is 0 Å². The maximum Gasteiger partial charge on any atom is 0.0802 e. The van der Waals surface area contributed by atoms with Gasteiger partial charge in [-0.25, -0.2) is 0 Å². The number of hydrogen-bond acceptors (Lipinski definition) is 3. The van der Waals surface area contributed by atoms with Crippen LogP contribution in [0.5, 0.6) is 0 Å². The van der Waals surface area contributed by atoms with Crippen LogP contribution < -0.4 is 0 Å². The van der Waals surface area contributed by atoms with Gasteiger partial charge < -0.3 is 4.74 Å². The molecule has 0 bridgehead atoms. The van der Waals surface area contributed by atoms with Crippen LogP contribution in [0.15, 0.2) is 0 Å². The smallest absolute Gasteiger partial charge is 0.0802 e. The molecule has 2 nitrogen and oxygen atoms in total. The van der Waals surface area contributed by atoms with E-state index in [4.69, 9.17) is 4.74 Å². The second-order valence-electron chi connectivity index (χ2n) is 3.68. The summed E-state index contributed by atoms with van der Waals surface area (Å²) >= 11 is 5.51. The van der Waals surface area contributed by atoms with Crippen LogP contribution in [0.25, 0.3) is 0 Å². The average Bonchev–Trinajstić information content (AvgIpc) is 2.17. The Hall–Kier alpha value is 0.750. The number of ether oxygens (including phenoxy) is 1. The molecule has 2 atom stereocenters. The average molecular weight is 282 g/mol. The summed E-state index contributed by atoms with van der Waals surface area (Å²) in [4.78, 5) is 2.52. The van der Waals surface area contributed by atoms with E-state index in [1.807, 2.05) is 11.8 Å². The second kappa shape index (κ2) is 7.09. The maximum absolute atomic E-state index is 5.78. The third-order valence-electron chi connectivity index (χ3n) is 2.33. The van der Waals surface area contributed by atoms with Crippen molar-refractivity contribution in [1.82, 2.24) is 4.90 Å². The Morgan fingerprint density at radius 3 is 2.93 bits per heavy atom. The number of hydrogen-bond donors (Lipinski definition) is 0. The van der Waals surface area contributed by atoms with Gasteiger partial charge in [0.15, 0.2) is 0 Å². The van der Waals surface area contributed by atoms with E-state index in [9.17, 15) is 0 Å². The lowest BCUT2D eigenvalue weighted by Crippen LogP contribution is -2.47. The van der Waals surface area contributed by atoms with E-state index in [1.54, 1.807) is 0 Å². The van der Waals surface area contributed by atoms with Crippen LogP contribution in [-0.4, -0.2) is 53.6 Å². The van der Waals surface area contributed by atoms with E-state index in [2.05, 4.69) is 34.7 Å². The maximum atomic E-state index is 5.78. The van der Waals surface area contributed by atoms with Crippen molar-refractivity contribution >= 4 is 27.7 Å². The van der Waals surface area contributed by atoms with Crippen molar-refractivity contribution in [3.05, 3.63) is 0 Å². The Balaban J connectivity index is 2.23. The van der Waals surface area contributed by atoms with Gasteiger partial charge in [-0.1, -0.05) is 22.9 Å². The van der Waals surface area contributed by atoms with Crippen molar-refractivity contribution in [2.24, 2.45) is 0 Å². The third-order valence-corrected chi connectivity index (χ3v) is 3.93. The van der Waals surface area contributed by atoms with E-state index in [0.717, 1.165) is 18.4 Å². The van der Waals surface area contributed by atoms with Crippen LogP contribution in [0.2, 0.25) is 0 Å². The van der Waals surface area contributed by atoms with Crippen LogP contribution in [0.3, 0.4) is 0 Å². The molecule has 0 N–H and O–H groups in total. The highest BCUT2D eigenvalue weighted by atomic mass is 79.9. The largest absolute Gasteiger partial charge is 0.372 e. The molecule has 1 rings (SSSR count). The summed E-state index contributed by atoms with van der Waals surface area (Å²) in [5.41, 5.74) is 0. The first-order valence-corrected chi connectivity index (χ1v) is 7.55. The number of rotatable bonds is 5. The number of alkyl halides is 1. The minimum absolute atomic E-state index is 0.380. The van der Waals surface area contributed by atoms with Crippen molar-refractivity contribution in [2.75, 3.05) is 36.5 Å². The van der Waals surface area contributed by atoms with Gasteiger partial charge in [-0.3, -0.25) is 4.90 Å². The van der Waals surface area contributed by atoms with Crippen molar-refractivity contribution in [2.45, 2.75) is 26.1 Å². The summed E-state index contributed by atoms with van der Waals surface area (Å²) < 4.78 is 5.78. The van der Waals surface area contributed by atoms with Gasteiger partial charge in [0.2, 0.25) is 0 Å². The predicted octanol–water partition coefficient (Wildman–Crippen LogP) is 2.22. The summed E-state index contributed by atoms with van der Waals surface area (Å²) in [6.45, 7) is 7.76. The van der Waals surface area contributed by atoms with Gasteiger partial charge in [-0.2, -0.15) is 11.8 Å². The molecular weight excluding hydrogens is 262 g/mol. The Bertz CT molecular complexity index is 159. The molecule has 84 valence electrons. The molecule has 1 saturated heterocycles. The molecule has 0 radical (unpaired) electrons. The summed E-state index contributed by atoms with van der Waals surface area (Å²) in [5.74, 6) is 2.47. The number of thioether (sulfide) groups is 1. The van der Waals surface area contributed by atoms with Gasteiger partial charge in [0.25, 0.3) is 0 Å². The molecule has 14 heavy (non-hydrogen) atoms. The highest BCUT2D eigenvalue weighted by Gasteiger charge is 2.23. The first-order valence-electron chi connectivity index (χ1n) is 5.27. The normalized spacial score (nSPS) is 29.4. The fourth-order valence-electron chi connectivity index (χ4n) is 1.75. The fraction of sp³-hybridized carbons (Fsp3) is 1.00. The molecule has 1 aliphatic heterocycles. The molecular formula is C10H20BrNOS. The van der Waals surface area contributed by atoms with Gasteiger partial charge in [0.05, 0.1) is 12.2 Å².